The molecule has 9 heteroatoms. The minimum atomic E-state index is -2.05. The van der Waals surface area contributed by atoms with E-state index in [0.29, 0.717) is 16.9 Å². The van der Waals surface area contributed by atoms with Crippen molar-refractivity contribution < 1.29 is 48.9 Å². The zero-order valence-electron chi connectivity index (χ0n) is 14.4. The number of methoxy groups -OCH3 is 1. The molecule has 0 aliphatic carbocycles. The van der Waals surface area contributed by atoms with Crippen LogP contribution in [0.4, 0.5) is 4.39 Å². The van der Waals surface area contributed by atoms with E-state index < -0.39 is 16.9 Å². The Hall–Kier alpha value is -1.22. The topological polar surface area (TPSA) is 64.4 Å². The maximum Gasteiger partial charge on any atom is 1.00 e. The molecule has 0 bridgehead atoms. The second kappa shape index (κ2) is 8.44. The molecular weight excluding hydrogens is 378 g/mol. The fraction of sp³-hybridized carbons (Fsp3) is 0.0625. The van der Waals surface area contributed by atoms with Gasteiger partial charge < -0.3 is 10.7 Å². The Morgan fingerprint density at radius 1 is 1.28 bits per heavy atom. The first-order chi connectivity index (χ1) is 11.5. The number of aromatic nitrogens is 2. The van der Waals surface area contributed by atoms with Gasteiger partial charge in [0.05, 0.1) is 17.7 Å². The third kappa shape index (κ3) is 4.13. The van der Waals surface area contributed by atoms with Gasteiger partial charge in [-0.1, -0.05) is 11.6 Å². The van der Waals surface area contributed by atoms with Gasteiger partial charge in [0.25, 0.3) is 0 Å². The Labute approximate surface area is 174 Å². The zero-order chi connectivity index (χ0) is 17.3. The Kier molecular flexibility index (Phi) is 6.79. The average Bonchev–Trinajstić information content (AvgIpc) is 2.97. The summed E-state index contributed by atoms with van der Waals surface area (Å²) in [6, 6.07) is 10.8. The molecule has 126 valence electrons. The van der Waals surface area contributed by atoms with E-state index in [4.69, 9.17) is 20.9 Å². The maximum absolute atomic E-state index is 13.6. The number of nitrogens with zero attached hydrogens (tertiary/aromatic N) is 2. The van der Waals surface area contributed by atoms with Crippen LogP contribution in [-0.2, 0) is 11.1 Å². The smallest absolute Gasteiger partial charge is 1.00 e. The first kappa shape index (κ1) is 20.1. The monoisotopic (exact) mass is 390 g/mol. The van der Waals surface area contributed by atoms with E-state index in [2.05, 4.69) is 4.98 Å². The molecule has 25 heavy (non-hydrogen) atoms. The molecule has 0 aliphatic heterocycles. The summed E-state index contributed by atoms with van der Waals surface area (Å²) >= 11 is 4.15. The Morgan fingerprint density at radius 2 is 1.96 bits per heavy atom. The van der Waals surface area contributed by atoms with Crippen molar-refractivity contribution in [3.05, 3.63) is 59.8 Å². The van der Waals surface area contributed by atoms with Crippen LogP contribution in [0.5, 0.6) is 5.75 Å². The van der Waals surface area contributed by atoms with E-state index in [1.165, 1.54) is 37.7 Å². The quantitative estimate of drug-likeness (QED) is 0.534. The third-order valence-corrected chi connectivity index (χ3v) is 4.42. The van der Waals surface area contributed by atoms with E-state index in [-0.39, 0.29) is 46.8 Å². The molecule has 0 aliphatic rings. The number of ether oxygens (including phenoxy) is 1. The Bertz CT molecular complexity index is 924. The molecule has 0 spiro atoms. The van der Waals surface area contributed by atoms with Gasteiger partial charge in [0.2, 0.25) is 0 Å². The van der Waals surface area contributed by atoms with Gasteiger partial charge >= 0.3 is 29.6 Å². The van der Waals surface area contributed by atoms with Crippen LogP contribution in [0.1, 0.15) is 1.43 Å². The molecule has 0 amide bonds. The summed E-state index contributed by atoms with van der Waals surface area (Å²) in [6.45, 7) is 0. The summed E-state index contributed by atoms with van der Waals surface area (Å²) < 4.78 is 40.5. The van der Waals surface area contributed by atoms with Crippen molar-refractivity contribution >= 4 is 22.7 Å². The summed E-state index contributed by atoms with van der Waals surface area (Å²) in [7, 11) is 1.38. The molecule has 1 aromatic heterocycles. The number of benzene rings is 2. The second-order valence-corrected chi connectivity index (χ2v) is 6.17. The van der Waals surface area contributed by atoms with Crippen molar-refractivity contribution in [3.63, 3.8) is 0 Å². The summed E-state index contributed by atoms with van der Waals surface area (Å²) in [5, 5.41) is 0.249. The molecule has 1 heterocycles. The molecule has 0 radical (unpaired) electrons. The van der Waals surface area contributed by atoms with Gasteiger partial charge in [-0.05, 0) is 42.5 Å². The van der Waals surface area contributed by atoms with Crippen LogP contribution in [0.2, 0.25) is 5.15 Å². The van der Waals surface area contributed by atoms with Crippen LogP contribution in [0.3, 0.4) is 0 Å². The minimum absolute atomic E-state index is 0. The summed E-state index contributed by atoms with van der Waals surface area (Å²) in [5.74, 6) is -0.374. The van der Waals surface area contributed by atoms with Crippen molar-refractivity contribution in [1.29, 1.82) is 0 Å². The molecule has 0 saturated carbocycles. The van der Waals surface area contributed by atoms with Crippen LogP contribution in [0, 0.1) is 5.82 Å². The third-order valence-electron chi connectivity index (χ3n) is 3.46. The van der Waals surface area contributed by atoms with E-state index in [0.717, 1.165) is 0 Å². The molecule has 0 fully saturated rings. The molecule has 2 aromatic carbocycles. The Balaban J connectivity index is 0.00000169. The fourth-order valence-electron chi connectivity index (χ4n) is 2.31. The molecular formula is C16H13ClFN2NaO3S. The van der Waals surface area contributed by atoms with Crippen molar-refractivity contribution in [2.24, 2.45) is 0 Å². The predicted octanol–water partition coefficient (Wildman–Crippen LogP) is 1.04. The largest absolute Gasteiger partial charge is 1.00 e. The van der Waals surface area contributed by atoms with Crippen LogP contribution < -0.4 is 34.3 Å². The summed E-state index contributed by atoms with van der Waals surface area (Å²) in [5.41, 5.74) is 1.89. The molecule has 0 saturated heterocycles. The summed E-state index contributed by atoms with van der Waals surface area (Å²) in [4.78, 5) is 4.38. The first-order valence-electron chi connectivity index (χ1n) is 6.79. The zero-order valence-corrected chi connectivity index (χ0v) is 17.0. The first-order valence-corrected chi connectivity index (χ1v) is 8.28. The number of halogens is 2. The van der Waals surface area contributed by atoms with Crippen molar-refractivity contribution in [3.8, 4) is 22.7 Å². The predicted molar refractivity (Wildman–Crippen MR) is 90.7 cm³/mol. The van der Waals surface area contributed by atoms with Gasteiger partial charge in [-0.2, -0.15) is 0 Å². The average molecular weight is 391 g/mol. The van der Waals surface area contributed by atoms with Gasteiger partial charge in [0, 0.05) is 11.3 Å². The van der Waals surface area contributed by atoms with Crippen LogP contribution >= 0.6 is 11.6 Å². The second-order valence-electron chi connectivity index (χ2n) is 4.85. The Morgan fingerprint density at radius 3 is 2.56 bits per heavy atom. The molecule has 1 atom stereocenters. The molecule has 1 unspecified atom stereocenters. The minimum Gasteiger partial charge on any atom is -1.00 e. The molecule has 1 N–H and O–H groups in total. The van der Waals surface area contributed by atoms with Gasteiger partial charge in [-0.25, -0.2) is 13.6 Å². The summed E-state index contributed by atoms with van der Waals surface area (Å²) in [6.07, 6.45) is 1.53. The van der Waals surface area contributed by atoms with E-state index in [9.17, 15) is 8.60 Å². The van der Waals surface area contributed by atoms with Crippen molar-refractivity contribution in [2.45, 2.75) is 4.90 Å². The maximum atomic E-state index is 13.6. The fourth-order valence-corrected chi connectivity index (χ4v) is 2.92. The van der Waals surface area contributed by atoms with Gasteiger partial charge in [-0.15, -0.1) is 0 Å². The van der Waals surface area contributed by atoms with Crippen molar-refractivity contribution in [2.75, 3.05) is 7.11 Å². The van der Waals surface area contributed by atoms with Gasteiger partial charge in [0.1, 0.15) is 6.33 Å². The number of rotatable bonds is 4. The van der Waals surface area contributed by atoms with E-state index >= 15 is 0 Å². The van der Waals surface area contributed by atoms with Crippen LogP contribution in [-0.4, -0.2) is 25.4 Å². The van der Waals surface area contributed by atoms with Crippen LogP contribution in [0.25, 0.3) is 16.9 Å². The van der Waals surface area contributed by atoms with Gasteiger partial charge in [0.15, 0.2) is 27.8 Å². The van der Waals surface area contributed by atoms with E-state index in [1.807, 2.05) is 0 Å². The number of hydrogen-bond donors (Lipinski definition) is 1. The molecule has 3 rings (SSSR count). The molecule has 5 nitrogen and oxygen atoms in total. The standard InChI is InChI=1S/C16H12ClFN2O3S.Na.H/c1-23-14-8-10(2-7-13(14)18)15-16(17)19-9-20(15)11-3-5-12(6-4-11)24(21)22;;/h2-9H,1H3,(H,21,22);;/q;+1;-1. The van der Waals surface area contributed by atoms with E-state index in [1.54, 1.807) is 22.8 Å². The normalized spacial score (nSPS) is 11.7. The van der Waals surface area contributed by atoms with Gasteiger partial charge in [-0.3, -0.25) is 4.57 Å². The van der Waals surface area contributed by atoms with Crippen molar-refractivity contribution in [1.82, 2.24) is 9.55 Å². The van der Waals surface area contributed by atoms with Crippen LogP contribution in [0.15, 0.2) is 53.7 Å². The number of imidazole rings is 1. The number of hydrogen-bond acceptors (Lipinski definition) is 3. The molecule has 3 aromatic rings. The SMILES string of the molecule is COc1cc(-c2c(Cl)ncn2-c2ccc(S(=O)O)cc2)ccc1F.[H-].[Na+].